The molecule has 0 radical (unpaired) electrons. The van der Waals surface area contributed by atoms with Gasteiger partial charge < -0.3 is 4.90 Å². The molecule has 2 nitrogen and oxygen atoms in total. The number of aliphatic imine (C=N–C) groups is 1. The second-order valence-electron chi connectivity index (χ2n) is 5.98. The minimum Gasteiger partial charge on any atom is -0.301 e. The van der Waals surface area contributed by atoms with Gasteiger partial charge in [-0.05, 0) is 36.2 Å². The number of hydrogen-bond acceptors (Lipinski definition) is 3. The highest BCUT2D eigenvalue weighted by atomic mass is 35.5. The van der Waals surface area contributed by atoms with Crippen LogP contribution in [-0.4, -0.2) is 31.3 Å². The van der Waals surface area contributed by atoms with E-state index in [2.05, 4.69) is 54.4 Å². The van der Waals surface area contributed by atoms with Crippen LogP contribution in [0.15, 0.2) is 72.8 Å². The van der Waals surface area contributed by atoms with Crippen molar-refractivity contribution in [1.82, 2.24) is 4.90 Å². The third-order valence-electron chi connectivity index (χ3n) is 3.96. The third-order valence-corrected chi connectivity index (χ3v) is 5.25. The Balaban J connectivity index is 0.000000221. The summed E-state index contributed by atoms with van der Waals surface area (Å²) in [6.07, 6.45) is 8.50. The number of fused-ring (bicyclic) bond motifs is 1. The zero-order chi connectivity index (χ0) is 20.8. The first-order valence-electron chi connectivity index (χ1n) is 9.58. The Bertz CT molecular complexity index is 769. The van der Waals surface area contributed by atoms with Crippen LogP contribution in [0.2, 0.25) is 4.34 Å². The molecule has 3 heterocycles. The molecule has 2 aromatic rings. The molecule has 2 aliphatic rings. The van der Waals surface area contributed by atoms with Crippen LogP contribution in [-0.2, 0) is 13.0 Å². The lowest BCUT2D eigenvalue weighted by molar-refractivity contribution is 0.317. The van der Waals surface area contributed by atoms with Gasteiger partial charge in [-0.3, -0.25) is 4.99 Å². The molecule has 0 saturated carbocycles. The zero-order valence-electron chi connectivity index (χ0n) is 17.2. The topological polar surface area (TPSA) is 15.6 Å². The number of hydrogen-bond donors (Lipinski definition) is 0. The van der Waals surface area contributed by atoms with Gasteiger partial charge in [0.2, 0.25) is 0 Å². The third kappa shape index (κ3) is 8.39. The molecule has 4 rings (SSSR count). The molecular formula is C24H31ClN2S. The predicted octanol–water partition coefficient (Wildman–Crippen LogP) is 6.93. The fourth-order valence-corrected chi connectivity index (χ4v) is 4.01. The van der Waals surface area contributed by atoms with E-state index in [1.807, 2.05) is 38.3 Å². The smallest absolute Gasteiger partial charge is 0.0934 e. The molecule has 0 spiro atoms. The van der Waals surface area contributed by atoms with E-state index >= 15 is 0 Å². The molecule has 2 aliphatic heterocycles. The summed E-state index contributed by atoms with van der Waals surface area (Å²) in [6, 6.07) is 12.4. The Morgan fingerprint density at radius 2 is 1.82 bits per heavy atom. The van der Waals surface area contributed by atoms with Gasteiger partial charge in [0.25, 0.3) is 0 Å². The number of allylic oxidation sites excluding steroid dienone is 3. The van der Waals surface area contributed by atoms with Crippen LogP contribution in [0.5, 0.6) is 0 Å². The highest BCUT2D eigenvalue weighted by molar-refractivity contribution is 7.16. The number of rotatable bonds is 2. The first-order valence-corrected chi connectivity index (χ1v) is 10.8. The van der Waals surface area contributed by atoms with Crippen molar-refractivity contribution in [2.45, 2.75) is 26.8 Å². The van der Waals surface area contributed by atoms with Crippen LogP contribution >= 0.6 is 22.9 Å². The molecule has 0 atom stereocenters. The number of thiophene rings is 1. The van der Waals surface area contributed by atoms with Crippen LogP contribution in [0.25, 0.3) is 5.57 Å². The Morgan fingerprint density at radius 3 is 2.39 bits per heavy atom. The summed E-state index contributed by atoms with van der Waals surface area (Å²) >= 11 is 7.62. The molecule has 0 unspecified atom stereocenters. The highest BCUT2D eigenvalue weighted by Gasteiger charge is 2.15. The maximum absolute atomic E-state index is 5.90. The first kappa shape index (κ1) is 24.1. The van der Waals surface area contributed by atoms with Crippen LogP contribution in [0.1, 0.15) is 29.9 Å². The SMILES string of the molecule is C1=NCC=C1c1ccccc1.C=CC=C.CC.CN1CCc2cc(Cl)sc2C1. The van der Waals surface area contributed by atoms with Gasteiger partial charge in [-0.2, -0.15) is 0 Å². The summed E-state index contributed by atoms with van der Waals surface area (Å²) in [5.41, 5.74) is 3.96. The van der Waals surface area contributed by atoms with Crippen molar-refractivity contribution in [2.75, 3.05) is 20.1 Å². The molecule has 28 heavy (non-hydrogen) atoms. The highest BCUT2D eigenvalue weighted by Crippen LogP contribution is 2.30. The molecule has 0 N–H and O–H groups in total. The number of likely N-dealkylation sites (N-methyl/N-ethyl adjacent to an activating group) is 1. The Kier molecular flexibility index (Phi) is 12.1. The van der Waals surface area contributed by atoms with E-state index in [-0.39, 0.29) is 0 Å². The van der Waals surface area contributed by atoms with Crippen molar-refractivity contribution in [3.8, 4) is 0 Å². The number of nitrogens with zero attached hydrogens (tertiary/aromatic N) is 2. The van der Waals surface area contributed by atoms with E-state index in [4.69, 9.17) is 11.6 Å². The summed E-state index contributed by atoms with van der Waals surface area (Å²) in [5, 5.41) is 0. The fraction of sp³-hybridized carbons (Fsp3) is 0.292. The molecule has 1 aromatic carbocycles. The summed E-state index contributed by atoms with van der Waals surface area (Å²) in [6.45, 7) is 13.8. The van der Waals surface area contributed by atoms with Gasteiger partial charge >= 0.3 is 0 Å². The molecule has 1 aromatic heterocycles. The predicted molar refractivity (Wildman–Crippen MR) is 129 cm³/mol. The lowest BCUT2D eigenvalue weighted by atomic mass is 10.1. The number of benzene rings is 1. The van der Waals surface area contributed by atoms with Crippen LogP contribution in [0, 0.1) is 0 Å². The van der Waals surface area contributed by atoms with Crippen molar-refractivity contribution in [3.05, 3.63) is 88.1 Å². The van der Waals surface area contributed by atoms with Gasteiger partial charge in [0.1, 0.15) is 0 Å². The molecule has 0 saturated heterocycles. The molecule has 4 heteroatoms. The normalized spacial score (nSPS) is 14.1. The molecule has 0 bridgehead atoms. The second-order valence-corrected chi connectivity index (χ2v) is 7.75. The van der Waals surface area contributed by atoms with Crippen LogP contribution in [0.4, 0.5) is 0 Å². The van der Waals surface area contributed by atoms with E-state index in [1.165, 1.54) is 28.1 Å². The van der Waals surface area contributed by atoms with Crippen molar-refractivity contribution in [1.29, 1.82) is 0 Å². The maximum atomic E-state index is 5.90. The molecular weight excluding hydrogens is 384 g/mol. The zero-order valence-corrected chi connectivity index (χ0v) is 18.8. The summed E-state index contributed by atoms with van der Waals surface area (Å²) in [4.78, 5) is 7.90. The number of halogens is 1. The summed E-state index contributed by atoms with van der Waals surface area (Å²) < 4.78 is 0.935. The van der Waals surface area contributed by atoms with E-state index in [0.29, 0.717) is 0 Å². The van der Waals surface area contributed by atoms with Crippen molar-refractivity contribution >= 4 is 34.7 Å². The standard InChI is InChI=1S/C10H9N.C8H10ClNS.C4H6.C2H6/c1-2-4-9(5-3-1)10-6-7-11-8-10;1-10-3-2-6-4-8(9)11-7(6)5-10;1-3-4-2;1-2/h1-6,8H,7H2;4H,2-3,5H2,1H3;3-4H,1-2H2;1-2H3. The van der Waals surface area contributed by atoms with Gasteiger partial charge in [-0.15, -0.1) is 11.3 Å². The van der Waals surface area contributed by atoms with E-state index in [1.54, 1.807) is 23.5 Å². The minimum atomic E-state index is 0.838. The first-order chi connectivity index (χ1) is 13.6. The fourth-order valence-electron chi connectivity index (χ4n) is 2.59. The van der Waals surface area contributed by atoms with Crippen molar-refractivity contribution in [2.24, 2.45) is 4.99 Å². The van der Waals surface area contributed by atoms with E-state index < -0.39 is 0 Å². The van der Waals surface area contributed by atoms with Crippen molar-refractivity contribution in [3.63, 3.8) is 0 Å². The quantitative estimate of drug-likeness (QED) is 0.486. The lowest BCUT2D eigenvalue weighted by Crippen LogP contribution is -2.24. The molecule has 150 valence electrons. The van der Waals surface area contributed by atoms with E-state index in [9.17, 15) is 0 Å². The molecule has 0 fully saturated rings. The van der Waals surface area contributed by atoms with Crippen molar-refractivity contribution < 1.29 is 0 Å². The Labute approximate surface area is 179 Å². The van der Waals surface area contributed by atoms with Gasteiger partial charge in [0.15, 0.2) is 0 Å². The molecule has 0 aliphatic carbocycles. The van der Waals surface area contributed by atoms with Crippen LogP contribution in [0.3, 0.4) is 0 Å². The van der Waals surface area contributed by atoms with Gasteiger partial charge in [-0.1, -0.05) is 87.2 Å². The summed E-state index contributed by atoms with van der Waals surface area (Å²) in [5.74, 6) is 0. The average Bonchev–Trinajstić information content (AvgIpc) is 3.40. The second kappa shape index (κ2) is 14.1. The van der Waals surface area contributed by atoms with Gasteiger partial charge in [0, 0.05) is 24.2 Å². The van der Waals surface area contributed by atoms with Gasteiger partial charge in [-0.25, -0.2) is 0 Å². The maximum Gasteiger partial charge on any atom is 0.0934 e. The average molecular weight is 415 g/mol. The largest absolute Gasteiger partial charge is 0.301 e. The lowest BCUT2D eigenvalue weighted by Gasteiger charge is -2.21. The van der Waals surface area contributed by atoms with Gasteiger partial charge in [0.05, 0.1) is 10.9 Å². The molecule has 0 amide bonds. The minimum absolute atomic E-state index is 0.838. The Morgan fingerprint density at radius 1 is 1.14 bits per heavy atom. The Hall–Kier alpha value is -1.94. The van der Waals surface area contributed by atoms with E-state index in [0.717, 1.165) is 23.8 Å². The monoisotopic (exact) mass is 414 g/mol. The summed E-state index contributed by atoms with van der Waals surface area (Å²) in [7, 11) is 2.15. The van der Waals surface area contributed by atoms with Crippen LogP contribution < -0.4 is 0 Å².